The molecule has 0 saturated heterocycles. The molecule has 0 heterocycles. The zero-order valence-corrected chi connectivity index (χ0v) is 20.9. The lowest BCUT2D eigenvalue weighted by Crippen LogP contribution is -2.50. The number of aryl methyl sites for hydroxylation is 1. The van der Waals surface area contributed by atoms with Gasteiger partial charge in [-0.3, -0.25) is 9.10 Å². The zero-order chi connectivity index (χ0) is 23.5. The highest BCUT2D eigenvalue weighted by atomic mass is 79.9. The molecule has 0 aromatic heterocycles. The van der Waals surface area contributed by atoms with Crippen molar-refractivity contribution in [1.29, 1.82) is 0 Å². The summed E-state index contributed by atoms with van der Waals surface area (Å²) in [6, 6.07) is 11.2. The standard InChI is InChI=1S/C23H29BrN2O5S/c1-16-8-10-17(11-9-16)26(15-23(28)25(2)20-6-4-5-7-21(20)27)32(29,30)18-12-13-22(31-3)19(24)14-18/h8-14,20-21,27H,4-7,15H2,1-3H3. The van der Waals surface area contributed by atoms with Crippen LogP contribution < -0.4 is 9.04 Å². The van der Waals surface area contributed by atoms with E-state index in [1.807, 2.05) is 6.92 Å². The number of benzene rings is 2. The van der Waals surface area contributed by atoms with Gasteiger partial charge in [0.05, 0.1) is 34.3 Å². The topological polar surface area (TPSA) is 87.2 Å². The van der Waals surface area contributed by atoms with Gasteiger partial charge in [-0.2, -0.15) is 0 Å². The molecular formula is C23H29BrN2O5S. The molecule has 1 amide bonds. The molecule has 32 heavy (non-hydrogen) atoms. The maximum absolute atomic E-state index is 13.6. The molecule has 1 aliphatic rings. The predicted molar refractivity (Wildman–Crippen MR) is 127 cm³/mol. The molecule has 9 heteroatoms. The first-order valence-electron chi connectivity index (χ1n) is 10.5. The van der Waals surface area contributed by atoms with Crippen LogP contribution in [0.5, 0.6) is 5.75 Å². The average Bonchev–Trinajstić information content (AvgIpc) is 2.77. The number of hydrogen-bond donors (Lipinski definition) is 1. The number of methoxy groups -OCH3 is 1. The Morgan fingerprint density at radius 3 is 2.41 bits per heavy atom. The van der Waals surface area contributed by atoms with E-state index in [0.717, 1.165) is 22.7 Å². The van der Waals surface area contributed by atoms with E-state index in [-0.39, 0.29) is 23.4 Å². The van der Waals surface area contributed by atoms with Crippen LogP contribution in [-0.2, 0) is 14.8 Å². The summed E-state index contributed by atoms with van der Waals surface area (Å²) in [5.74, 6) is 0.139. The Balaban J connectivity index is 1.96. The summed E-state index contributed by atoms with van der Waals surface area (Å²) in [4.78, 5) is 14.7. The number of carbonyl (C=O) groups is 1. The summed E-state index contributed by atoms with van der Waals surface area (Å²) in [6.45, 7) is 1.54. The molecule has 2 unspecified atom stereocenters. The van der Waals surface area contributed by atoms with E-state index in [1.165, 1.54) is 24.1 Å². The van der Waals surface area contributed by atoms with E-state index in [0.29, 0.717) is 28.8 Å². The summed E-state index contributed by atoms with van der Waals surface area (Å²) < 4.78 is 34.0. The van der Waals surface area contributed by atoms with Gasteiger partial charge in [0.2, 0.25) is 5.91 Å². The number of ether oxygens (including phenoxy) is 1. The van der Waals surface area contributed by atoms with Crippen LogP contribution in [0.25, 0.3) is 0 Å². The summed E-state index contributed by atoms with van der Waals surface area (Å²) in [7, 11) is -0.918. The lowest BCUT2D eigenvalue weighted by Gasteiger charge is -2.36. The highest BCUT2D eigenvalue weighted by Crippen LogP contribution is 2.31. The molecule has 2 aromatic rings. The van der Waals surface area contributed by atoms with Gasteiger partial charge in [-0.05, 0) is 66.0 Å². The average molecular weight is 525 g/mol. The third-order valence-corrected chi connectivity index (χ3v) is 8.29. The smallest absolute Gasteiger partial charge is 0.264 e. The number of halogens is 1. The van der Waals surface area contributed by atoms with Gasteiger partial charge in [-0.1, -0.05) is 30.5 Å². The van der Waals surface area contributed by atoms with E-state index in [2.05, 4.69) is 15.9 Å². The summed E-state index contributed by atoms with van der Waals surface area (Å²) >= 11 is 3.34. The number of carbonyl (C=O) groups excluding carboxylic acids is 1. The van der Waals surface area contributed by atoms with Gasteiger partial charge in [0, 0.05) is 7.05 Å². The Labute approximate surface area is 198 Å². The fourth-order valence-electron chi connectivity index (χ4n) is 3.92. The number of aliphatic hydroxyl groups excluding tert-OH is 1. The molecule has 1 fully saturated rings. The van der Waals surface area contributed by atoms with Crippen LogP contribution in [0, 0.1) is 6.92 Å². The summed E-state index contributed by atoms with van der Waals surface area (Å²) in [5, 5.41) is 10.3. The van der Waals surface area contributed by atoms with Crippen LogP contribution in [0.15, 0.2) is 51.8 Å². The third kappa shape index (κ3) is 5.27. The second-order valence-electron chi connectivity index (χ2n) is 8.07. The molecule has 2 aromatic carbocycles. The SMILES string of the molecule is COc1ccc(S(=O)(=O)N(CC(=O)N(C)C2CCCCC2O)c2ccc(C)cc2)cc1Br. The molecular weight excluding hydrogens is 496 g/mol. The summed E-state index contributed by atoms with van der Waals surface area (Å²) in [5.41, 5.74) is 1.38. The Kier molecular flexibility index (Phi) is 7.84. The molecule has 0 bridgehead atoms. The van der Waals surface area contributed by atoms with E-state index in [9.17, 15) is 18.3 Å². The van der Waals surface area contributed by atoms with Crippen LogP contribution in [-0.4, -0.2) is 57.2 Å². The van der Waals surface area contributed by atoms with Crippen molar-refractivity contribution in [2.75, 3.05) is 25.0 Å². The Hall–Kier alpha value is -2.10. The molecule has 7 nitrogen and oxygen atoms in total. The number of sulfonamides is 1. The number of hydrogen-bond acceptors (Lipinski definition) is 5. The quantitative estimate of drug-likeness (QED) is 0.596. The second kappa shape index (κ2) is 10.2. The van der Waals surface area contributed by atoms with Crippen LogP contribution >= 0.6 is 15.9 Å². The molecule has 1 N–H and O–H groups in total. The van der Waals surface area contributed by atoms with Crippen molar-refractivity contribution in [3.63, 3.8) is 0 Å². The predicted octanol–water partition coefficient (Wildman–Crippen LogP) is 3.72. The van der Waals surface area contributed by atoms with Crippen LogP contribution in [0.2, 0.25) is 0 Å². The third-order valence-electron chi connectivity index (χ3n) is 5.90. The Bertz CT molecular complexity index is 1060. The molecule has 0 radical (unpaired) electrons. The fourth-order valence-corrected chi connectivity index (χ4v) is 6.06. The first-order valence-corrected chi connectivity index (χ1v) is 12.7. The van der Waals surface area contributed by atoms with Crippen molar-refractivity contribution < 1.29 is 23.1 Å². The fraction of sp³-hybridized carbons (Fsp3) is 0.435. The van der Waals surface area contributed by atoms with Crippen molar-refractivity contribution in [3.8, 4) is 5.75 Å². The zero-order valence-electron chi connectivity index (χ0n) is 18.5. The molecule has 3 rings (SSSR count). The van der Waals surface area contributed by atoms with Crippen molar-refractivity contribution in [1.82, 2.24) is 4.90 Å². The number of anilines is 1. The first kappa shape index (κ1) is 24.5. The normalized spacial score (nSPS) is 18.8. The second-order valence-corrected chi connectivity index (χ2v) is 10.8. The van der Waals surface area contributed by atoms with Crippen LogP contribution in [0.3, 0.4) is 0 Å². The number of aliphatic hydroxyl groups is 1. The largest absolute Gasteiger partial charge is 0.496 e. The molecule has 0 spiro atoms. The lowest BCUT2D eigenvalue weighted by atomic mass is 9.91. The van der Waals surface area contributed by atoms with Gasteiger partial charge >= 0.3 is 0 Å². The molecule has 174 valence electrons. The number of amides is 1. The maximum Gasteiger partial charge on any atom is 0.264 e. The van der Waals surface area contributed by atoms with Gasteiger partial charge in [0.25, 0.3) is 10.0 Å². The van der Waals surface area contributed by atoms with Gasteiger partial charge in [-0.15, -0.1) is 0 Å². The Morgan fingerprint density at radius 1 is 1.16 bits per heavy atom. The monoisotopic (exact) mass is 524 g/mol. The highest BCUT2D eigenvalue weighted by Gasteiger charge is 2.33. The van der Waals surface area contributed by atoms with Crippen LogP contribution in [0.4, 0.5) is 5.69 Å². The Morgan fingerprint density at radius 2 is 1.81 bits per heavy atom. The van der Waals surface area contributed by atoms with Crippen LogP contribution in [0.1, 0.15) is 31.2 Å². The van der Waals surface area contributed by atoms with E-state index in [1.54, 1.807) is 37.4 Å². The first-order chi connectivity index (χ1) is 15.1. The number of likely N-dealkylation sites (N-methyl/N-ethyl adjacent to an activating group) is 1. The highest BCUT2D eigenvalue weighted by molar-refractivity contribution is 9.10. The summed E-state index contributed by atoms with van der Waals surface area (Å²) in [6.07, 6.45) is 2.60. The minimum atomic E-state index is -4.05. The minimum absolute atomic E-state index is 0.0407. The molecule has 2 atom stereocenters. The van der Waals surface area contributed by atoms with Crippen molar-refractivity contribution in [2.45, 2.75) is 49.6 Å². The van der Waals surface area contributed by atoms with E-state index >= 15 is 0 Å². The molecule has 1 saturated carbocycles. The van der Waals surface area contributed by atoms with Crippen molar-refractivity contribution in [3.05, 3.63) is 52.5 Å². The van der Waals surface area contributed by atoms with Gasteiger partial charge in [0.15, 0.2) is 0 Å². The van der Waals surface area contributed by atoms with Gasteiger partial charge in [0.1, 0.15) is 12.3 Å². The van der Waals surface area contributed by atoms with E-state index in [4.69, 9.17) is 4.74 Å². The number of rotatable bonds is 7. The maximum atomic E-state index is 13.6. The number of nitrogens with zero attached hydrogens (tertiary/aromatic N) is 2. The van der Waals surface area contributed by atoms with Crippen molar-refractivity contribution >= 4 is 37.5 Å². The van der Waals surface area contributed by atoms with Gasteiger partial charge < -0.3 is 14.7 Å². The molecule has 0 aliphatic heterocycles. The van der Waals surface area contributed by atoms with E-state index < -0.39 is 16.1 Å². The lowest BCUT2D eigenvalue weighted by molar-refractivity contribution is -0.133. The minimum Gasteiger partial charge on any atom is -0.496 e. The van der Waals surface area contributed by atoms with Gasteiger partial charge in [-0.25, -0.2) is 8.42 Å². The molecule has 1 aliphatic carbocycles. The van der Waals surface area contributed by atoms with Crippen molar-refractivity contribution in [2.24, 2.45) is 0 Å².